The van der Waals surface area contributed by atoms with Gasteiger partial charge in [0.05, 0.1) is 67.2 Å². The van der Waals surface area contributed by atoms with Gasteiger partial charge in [0.15, 0.2) is 12.3 Å². The molecule has 0 saturated heterocycles. The fraction of sp³-hybridized carbons (Fsp3) is 0.471. The maximum atomic E-state index is 2.63. The normalized spacial score (nSPS) is 19.7. The van der Waals surface area contributed by atoms with Crippen molar-refractivity contribution in [3.05, 3.63) is 135 Å². The molecule has 2 aliphatic heterocycles. The summed E-state index contributed by atoms with van der Waals surface area (Å²) < 4.78 is 4.60. The van der Waals surface area contributed by atoms with Crippen LogP contribution in [0.2, 0.25) is 0 Å². The summed E-state index contributed by atoms with van der Waals surface area (Å²) in [6.45, 7) is 20.7. The molecule has 0 saturated carbocycles. The van der Waals surface area contributed by atoms with Crippen LogP contribution in [0.4, 0.5) is 11.4 Å². The van der Waals surface area contributed by atoms with Crippen molar-refractivity contribution in [2.45, 2.75) is 91.4 Å². The Bertz CT molecular complexity index is 2070. The third-order valence-electron chi connectivity index (χ3n) is 12.3. The van der Waals surface area contributed by atoms with Gasteiger partial charge in [-0.3, -0.25) is 0 Å². The first-order chi connectivity index (χ1) is 25.8. The molecule has 0 aromatic heterocycles. The topological polar surface area (TPSA) is 6.25 Å². The Kier molecular flexibility index (Phi) is 11.5. The zero-order chi connectivity index (χ0) is 39.9. The van der Waals surface area contributed by atoms with Gasteiger partial charge in [0.25, 0.3) is 0 Å². The molecule has 0 amide bonds. The van der Waals surface area contributed by atoms with Gasteiger partial charge in [0.2, 0.25) is 5.69 Å². The van der Waals surface area contributed by atoms with E-state index in [4.69, 9.17) is 0 Å². The van der Waals surface area contributed by atoms with Crippen LogP contribution in [0.25, 0.3) is 5.57 Å². The quantitative estimate of drug-likeness (QED) is 0.132. The Hall–Kier alpha value is -3.99. The van der Waals surface area contributed by atoms with Crippen LogP contribution in [0.5, 0.6) is 0 Å². The maximum absolute atomic E-state index is 2.63. The number of benzene rings is 3. The van der Waals surface area contributed by atoms with E-state index >= 15 is 0 Å². The summed E-state index contributed by atoms with van der Waals surface area (Å²) in [6, 6.07) is 23.4. The molecule has 3 aliphatic rings. The van der Waals surface area contributed by atoms with Gasteiger partial charge in [-0.1, -0.05) is 85.2 Å². The third-order valence-corrected chi connectivity index (χ3v) is 12.3. The number of allylic oxidation sites excluding steroid dienone is 8. The van der Waals surface area contributed by atoms with E-state index in [0.29, 0.717) is 0 Å². The molecule has 2 heterocycles. The molecule has 4 nitrogen and oxygen atoms in total. The van der Waals surface area contributed by atoms with E-state index in [-0.39, 0.29) is 10.8 Å². The molecule has 1 aliphatic carbocycles. The van der Waals surface area contributed by atoms with Crippen molar-refractivity contribution in [2.24, 2.45) is 0 Å². The molecule has 55 heavy (non-hydrogen) atoms. The third kappa shape index (κ3) is 8.87. The van der Waals surface area contributed by atoms with Crippen LogP contribution in [0.15, 0.2) is 102 Å². The van der Waals surface area contributed by atoms with Gasteiger partial charge in [-0.25, -0.2) is 0 Å². The van der Waals surface area contributed by atoms with Gasteiger partial charge < -0.3 is 13.9 Å². The van der Waals surface area contributed by atoms with Crippen LogP contribution in [-0.4, -0.2) is 87.7 Å². The molecule has 0 spiro atoms. The number of fused-ring (bicyclic) bond motifs is 2. The highest BCUT2D eigenvalue weighted by Gasteiger charge is 2.44. The van der Waals surface area contributed by atoms with Crippen LogP contribution < -0.4 is 4.90 Å². The Morgan fingerprint density at radius 3 is 1.96 bits per heavy atom. The molecular weight excluding hydrogens is 669 g/mol. The Balaban J connectivity index is 1.45. The highest BCUT2D eigenvalue weighted by molar-refractivity contribution is 6.03. The minimum Gasteiger partial charge on any atom is -0.344 e. The number of anilines is 1. The van der Waals surface area contributed by atoms with Crippen molar-refractivity contribution in [3.8, 4) is 0 Å². The summed E-state index contributed by atoms with van der Waals surface area (Å²) in [5.74, 6) is 0. The molecule has 0 radical (unpaired) electrons. The van der Waals surface area contributed by atoms with E-state index in [0.717, 1.165) is 67.2 Å². The first-order valence-electron chi connectivity index (χ1n) is 20.9. The fourth-order valence-electron chi connectivity index (χ4n) is 9.18. The van der Waals surface area contributed by atoms with Gasteiger partial charge >= 0.3 is 0 Å². The number of rotatable bonds is 12. The van der Waals surface area contributed by atoms with Crippen molar-refractivity contribution in [3.63, 3.8) is 0 Å². The Morgan fingerprint density at radius 2 is 1.29 bits per heavy atom. The fourth-order valence-corrected chi connectivity index (χ4v) is 9.18. The highest BCUT2D eigenvalue weighted by atomic mass is 15.3. The molecule has 0 N–H and O–H groups in total. The summed E-state index contributed by atoms with van der Waals surface area (Å²) in [5, 5.41) is 0. The van der Waals surface area contributed by atoms with Crippen molar-refractivity contribution in [1.29, 1.82) is 0 Å². The van der Waals surface area contributed by atoms with Gasteiger partial charge in [0.1, 0.15) is 0 Å². The van der Waals surface area contributed by atoms with Crippen LogP contribution in [0.3, 0.4) is 0 Å². The minimum absolute atomic E-state index is 0.0759. The van der Waals surface area contributed by atoms with Crippen molar-refractivity contribution in [1.82, 2.24) is 0 Å². The van der Waals surface area contributed by atoms with Crippen molar-refractivity contribution >= 4 is 22.7 Å². The van der Waals surface area contributed by atoms with E-state index in [2.05, 4.69) is 185 Å². The average molecular weight is 740 g/mol. The first kappa shape index (κ1) is 40.7. The number of aryl methyl sites for hydroxylation is 3. The summed E-state index contributed by atoms with van der Waals surface area (Å²) >= 11 is 0. The van der Waals surface area contributed by atoms with Crippen LogP contribution in [-0.2, 0) is 10.8 Å². The van der Waals surface area contributed by atoms with Crippen LogP contribution >= 0.6 is 0 Å². The summed E-state index contributed by atoms with van der Waals surface area (Å²) in [4.78, 5) is 2.63. The second kappa shape index (κ2) is 15.5. The summed E-state index contributed by atoms with van der Waals surface area (Å²) in [7, 11) is 13.8. The summed E-state index contributed by atoms with van der Waals surface area (Å²) in [5.41, 5.74) is 17.9. The molecule has 3 aromatic rings. The average Bonchev–Trinajstić information content (AvgIpc) is 3.43. The lowest BCUT2D eigenvalue weighted by Crippen LogP contribution is -2.37. The maximum Gasteiger partial charge on any atom is 0.209 e. The molecule has 0 bridgehead atoms. The molecule has 4 heteroatoms. The van der Waals surface area contributed by atoms with Gasteiger partial charge in [0, 0.05) is 47.5 Å². The molecule has 0 unspecified atom stereocenters. The highest BCUT2D eigenvalue weighted by Crippen LogP contribution is 2.49. The lowest BCUT2D eigenvalue weighted by Gasteiger charge is -2.29. The van der Waals surface area contributed by atoms with E-state index in [1.165, 1.54) is 72.9 Å². The first-order valence-corrected chi connectivity index (χ1v) is 20.9. The standard InChI is InChI=1S/C51H71N4/c1-37-19-23-42(24-20-37)49-40(25-29-47-50(4,5)43-35-38(2)21-27-45(43)52(47)31-15-33-54(8,9)10)17-14-18-41(49)26-30-48-51(6,7)44-36-39(3)22-28-46(44)53(48)32-16-34-55(11,12)13/h19-30,35-36H,14-18,31-34H2,1-13H3/q+3. The predicted molar refractivity (Wildman–Crippen MR) is 238 cm³/mol. The second-order valence-electron chi connectivity index (χ2n) is 19.9. The molecule has 0 fully saturated rings. The van der Waals surface area contributed by atoms with Crippen LogP contribution in [0.1, 0.15) is 93.2 Å². The van der Waals surface area contributed by atoms with Crippen molar-refractivity contribution < 1.29 is 13.5 Å². The zero-order valence-corrected chi connectivity index (χ0v) is 36.7. The monoisotopic (exact) mass is 740 g/mol. The zero-order valence-electron chi connectivity index (χ0n) is 36.7. The summed E-state index contributed by atoms with van der Waals surface area (Å²) in [6.07, 6.45) is 15.6. The number of hydrogen-bond acceptors (Lipinski definition) is 1. The molecule has 6 rings (SSSR count). The number of nitrogens with zero attached hydrogens (tertiary/aromatic N) is 4. The smallest absolute Gasteiger partial charge is 0.209 e. The molecule has 3 aromatic carbocycles. The molecule has 0 atom stereocenters. The predicted octanol–water partition coefficient (Wildman–Crippen LogP) is 11.0. The van der Waals surface area contributed by atoms with E-state index in [1.54, 1.807) is 0 Å². The van der Waals surface area contributed by atoms with Crippen molar-refractivity contribution in [2.75, 3.05) is 73.4 Å². The lowest BCUT2D eigenvalue weighted by atomic mass is 9.79. The Morgan fingerprint density at radius 1 is 0.673 bits per heavy atom. The second-order valence-corrected chi connectivity index (χ2v) is 19.9. The van der Waals surface area contributed by atoms with E-state index < -0.39 is 0 Å². The SMILES string of the molecule is Cc1ccc(C2=C(/C=C/C3=[N+](CCC[N+](C)(C)C)c4ccc(C)cc4C3(C)C)CCC/C2=C\C=C2\N(CCC[N+](C)(C)C)c3ccc(C)cc3C2(C)C)cc1. The number of hydrogen-bond donors (Lipinski definition) is 0. The largest absolute Gasteiger partial charge is 0.344 e. The van der Waals surface area contributed by atoms with Gasteiger partial charge in [-0.15, -0.1) is 0 Å². The van der Waals surface area contributed by atoms with E-state index in [1.807, 2.05) is 0 Å². The Labute approximate surface area is 335 Å². The van der Waals surface area contributed by atoms with Gasteiger partial charge in [-0.05, 0) is 99.9 Å². The van der Waals surface area contributed by atoms with Crippen LogP contribution in [0, 0.1) is 20.8 Å². The molecular formula is C51H71N4+3. The molecule has 292 valence electrons. The lowest BCUT2D eigenvalue weighted by molar-refractivity contribution is -0.871. The number of quaternary nitrogens is 2. The minimum atomic E-state index is -0.0759. The van der Waals surface area contributed by atoms with Gasteiger partial charge in [-0.2, -0.15) is 4.58 Å². The van der Waals surface area contributed by atoms with E-state index in [9.17, 15) is 0 Å².